The zero-order valence-corrected chi connectivity index (χ0v) is 13.8. The van der Waals surface area contributed by atoms with Crippen molar-refractivity contribution in [2.75, 3.05) is 13.1 Å². The van der Waals surface area contributed by atoms with Crippen LogP contribution in [0.4, 0.5) is 0 Å². The molecule has 0 unspecified atom stereocenters. The van der Waals surface area contributed by atoms with Gasteiger partial charge in [0.2, 0.25) is 10.0 Å². The molecule has 0 radical (unpaired) electrons. The average Bonchev–Trinajstić information content (AvgIpc) is 2.41. The highest BCUT2D eigenvalue weighted by Gasteiger charge is 2.29. The normalized spacial score (nSPS) is 18.7. The molecule has 0 atom stereocenters. The standard InChI is InChI=1S/C14H20BrNO2S/c1-3-12-6-8-16(9-7-12)19(17,18)14-10-13(15)5-4-11(14)2/h4-5,10,12H,3,6-9H2,1-2H3. The molecule has 0 saturated carbocycles. The number of rotatable bonds is 3. The maximum absolute atomic E-state index is 12.7. The Balaban J connectivity index is 2.26. The van der Waals surface area contributed by atoms with Gasteiger partial charge in [-0.05, 0) is 43.4 Å². The lowest BCUT2D eigenvalue weighted by molar-refractivity contribution is 0.269. The van der Waals surface area contributed by atoms with Crippen molar-refractivity contribution in [1.82, 2.24) is 4.31 Å². The summed E-state index contributed by atoms with van der Waals surface area (Å²) in [6.45, 7) is 5.31. The van der Waals surface area contributed by atoms with Crippen molar-refractivity contribution < 1.29 is 8.42 Å². The third-order valence-electron chi connectivity index (χ3n) is 3.92. The monoisotopic (exact) mass is 345 g/mol. The second-order valence-corrected chi connectivity index (χ2v) is 7.99. The van der Waals surface area contributed by atoms with Gasteiger partial charge in [0.05, 0.1) is 4.90 Å². The lowest BCUT2D eigenvalue weighted by Gasteiger charge is -2.31. The van der Waals surface area contributed by atoms with E-state index < -0.39 is 10.0 Å². The first-order valence-electron chi connectivity index (χ1n) is 6.71. The third kappa shape index (κ3) is 3.20. The maximum Gasteiger partial charge on any atom is 0.243 e. The van der Waals surface area contributed by atoms with Gasteiger partial charge >= 0.3 is 0 Å². The summed E-state index contributed by atoms with van der Waals surface area (Å²) in [5.41, 5.74) is 0.806. The van der Waals surface area contributed by atoms with E-state index >= 15 is 0 Å². The number of aryl methyl sites for hydroxylation is 1. The van der Waals surface area contributed by atoms with E-state index in [9.17, 15) is 8.42 Å². The van der Waals surface area contributed by atoms with E-state index in [-0.39, 0.29) is 0 Å². The topological polar surface area (TPSA) is 37.4 Å². The van der Waals surface area contributed by atoms with Gasteiger partial charge in [-0.2, -0.15) is 4.31 Å². The number of nitrogens with zero attached hydrogens (tertiary/aromatic N) is 1. The van der Waals surface area contributed by atoms with Crippen molar-refractivity contribution in [2.24, 2.45) is 5.92 Å². The molecule has 1 aromatic carbocycles. The Morgan fingerprint density at radius 3 is 2.53 bits per heavy atom. The third-order valence-corrected chi connectivity index (χ3v) is 6.45. The summed E-state index contributed by atoms with van der Waals surface area (Å²) in [7, 11) is -3.34. The summed E-state index contributed by atoms with van der Waals surface area (Å²) in [5.74, 6) is 0.676. The molecule has 19 heavy (non-hydrogen) atoms. The lowest BCUT2D eigenvalue weighted by atomic mass is 9.96. The Labute approximate surface area is 124 Å². The molecule has 0 aromatic heterocycles. The minimum absolute atomic E-state index is 0.428. The Hall–Kier alpha value is -0.390. The van der Waals surface area contributed by atoms with Crippen LogP contribution in [0, 0.1) is 12.8 Å². The zero-order chi connectivity index (χ0) is 14.0. The molecule has 2 rings (SSSR count). The van der Waals surface area contributed by atoms with Gasteiger partial charge in [-0.15, -0.1) is 0 Å². The maximum atomic E-state index is 12.7. The lowest BCUT2D eigenvalue weighted by Crippen LogP contribution is -2.38. The fourth-order valence-electron chi connectivity index (χ4n) is 2.55. The predicted molar refractivity (Wildman–Crippen MR) is 80.7 cm³/mol. The molecule has 0 N–H and O–H groups in total. The Morgan fingerprint density at radius 2 is 1.95 bits per heavy atom. The molecule has 1 heterocycles. The molecule has 0 spiro atoms. The number of sulfonamides is 1. The quantitative estimate of drug-likeness (QED) is 0.839. The smallest absolute Gasteiger partial charge is 0.207 e. The van der Waals surface area contributed by atoms with Crippen LogP contribution in [-0.4, -0.2) is 25.8 Å². The van der Waals surface area contributed by atoms with Crippen molar-refractivity contribution in [2.45, 2.75) is 38.0 Å². The molecule has 1 aliphatic rings. The van der Waals surface area contributed by atoms with E-state index in [4.69, 9.17) is 0 Å². The zero-order valence-electron chi connectivity index (χ0n) is 11.4. The predicted octanol–water partition coefficient (Wildman–Crippen LogP) is 3.57. The van der Waals surface area contributed by atoms with Crippen molar-refractivity contribution in [3.05, 3.63) is 28.2 Å². The summed E-state index contributed by atoms with van der Waals surface area (Å²) < 4.78 is 27.8. The summed E-state index contributed by atoms with van der Waals surface area (Å²) in [5, 5.41) is 0. The minimum atomic E-state index is -3.34. The first kappa shape index (κ1) is 15.0. The van der Waals surface area contributed by atoms with Crippen LogP contribution in [0.1, 0.15) is 31.7 Å². The number of halogens is 1. The van der Waals surface area contributed by atoms with Crippen LogP contribution in [0.2, 0.25) is 0 Å². The average molecular weight is 346 g/mol. The van der Waals surface area contributed by atoms with Crippen LogP contribution in [0.25, 0.3) is 0 Å². The van der Waals surface area contributed by atoms with Crippen LogP contribution in [0.15, 0.2) is 27.6 Å². The first-order chi connectivity index (χ1) is 8.95. The van der Waals surface area contributed by atoms with Crippen LogP contribution < -0.4 is 0 Å². The summed E-state index contributed by atoms with van der Waals surface area (Å²) in [6.07, 6.45) is 3.09. The van der Waals surface area contributed by atoms with Crippen LogP contribution in [-0.2, 0) is 10.0 Å². The summed E-state index contributed by atoms with van der Waals surface area (Å²) in [4.78, 5) is 0.428. The SMILES string of the molecule is CCC1CCN(S(=O)(=O)c2cc(Br)ccc2C)CC1. The Kier molecular flexibility index (Phi) is 4.69. The number of piperidine rings is 1. The Morgan fingerprint density at radius 1 is 1.32 bits per heavy atom. The van der Waals surface area contributed by atoms with E-state index in [0.29, 0.717) is 23.9 Å². The van der Waals surface area contributed by atoms with Gasteiger partial charge in [-0.25, -0.2) is 8.42 Å². The van der Waals surface area contributed by atoms with Gasteiger partial charge in [0.25, 0.3) is 0 Å². The second kappa shape index (κ2) is 5.94. The number of benzene rings is 1. The Bertz CT molecular complexity index is 549. The molecule has 1 fully saturated rings. The van der Waals surface area contributed by atoms with Gasteiger partial charge < -0.3 is 0 Å². The molecule has 1 aliphatic heterocycles. The van der Waals surface area contributed by atoms with Crippen molar-refractivity contribution in [3.63, 3.8) is 0 Å². The van der Waals surface area contributed by atoms with E-state index in [1.807, 2.05) is 19.1 Å². The van der Waals surface area contributed by atoms with E-state index in [0.717, 1.165) is 29.3 Å². The highest BCUT2D eigenvalue weighted by Crippen LogP contribution is 2.28. The van der Waals surface area contributed by atoms with Gasteiger partial charge in [0.1, 0.15) is 0 Å². The number of hydrogen-bond donors (Lipinski definition) is 0. The fourth-order valence-corrected chi connectivity index (χ4v) is 4.78. The first-order valence-corrected chi connectivity index (χ1v) is 8.94. The van der Waals surface area contributed by atoms with E-state index in [1.165, 1.54) is 0 Å². The highest BCUT2D eigenvalue weighted by molar-refractivity contribution is 9.10. The molecular formula is C14H20BrNO2S. The van der Waals surface area contributed by atoms with Crippen molar-refractivity contribution in [3.8, 4) is 0 Å². The summed E-state index contributed by atoms with van der Waals surface area (Å²) >= 11 is 3.35. The molecule has 5 heteroatoms. The largest absolute Gasteiger partial charge is 0.243 e. The number of hydrogen-bond acceptors (Lipinski definition) is 2. The molecule has 3 nitrogen and oxygen atoms in total. The van der Waals surface area contributed by atoms with E-state index in [2.05, 4.69) is 22.9 Å². The van der Waals surface area contributed by atoms with Crippen LogP contribution >= 0.6 is 15.9 Å². The highest BCUT2D eigenvalue weighted by atomic mass is 79.9. The second-order valence-electron chi connectivity index (χ2n) is 5.17. The van der Waals surface area contributed by atoms with Crippen molar-refractivity contribution >= 4 is 26.0 Å². The van der Waals surface area contributed by atoms with Gasteiger partial charge in [0, 0.05) is 17.6 Å². The molecular weight excluding hydrogens is 326 g/mol. The van der Waals surface area contributed by atoms with Gasteiger partial charge in [0.15, 0.2) is 0 Å². The van der Waals surface area contributed by atoms with Crippen molar-refractivity contribution in [1.29, 1.82) is 0 Å². The molecule has 1 saturated heterocycles. The molecule has 0 bridgehead atoms. The van der Waals surface area contributed by atoms with E-state index in [1.54, 1.807) is 10.4 Å². The molecule has 0 aliphatic carbocycles. The summed E-state index contributed by atoms with van der Waals surface area (Å²) in [6, 6.07) is 5.42. The molecule has 106 valence electrons. The fraction of sp³-hybridized carbons (Fsp3) is 0.571. The minimum Gasteiger partial charge on any atom is -0.207 e. The van der Waals surface area contributed by atoms with Gasteiger partial charge in [-0.1, -0.05) is 35.3 Å². The van der Waals surface area contributed by atoms with Gasteiger partial charge in [-0.3, -0.25) is 0 Å². The van der Waals surface area contributed by atoms with Crippen LogP contribution in [0.5, 0.6) is 0 Å². The molecule has 1 aromatic rings. The van der Waals surface area contributed by atoms with Crippen LogP contribution in [0.3, 0.4) is 0 Å². The molecule has 0 amide bonds.